The first-order valence-electron chi connectivity index (χ1n) is 7.80. The molecule has 2 aliphatic rings. The number of nitrogens with one attached hydrogen (secondary N) is 1. The Morgan fingerprint density at radius 1 is 1.00 bits per heavy atom. The Hall–Kier alpha value is -2.37. The average Bonchev–Trinajstić information content (AvgIpc) is 3.09. The topological polar surface area (TPSA) is 104 Å². The Balaban J connectivity index is 1.69. The quantitative estimate of drug-likeness (QED) is 0.770. The maximum absolute atomic E-state index is 12.5. The van der Waals surface area contributed by atoms with E-state index in [0.717, 1.165) is 19.3 Å². The van der Waals surface area contributed by atoms with E-state index in [0.29, 0.717) is 11.3 Å². The molecule has 0 heterocycles. The third-order valence-electron chi connectivity index (χ3n) is 5.08. The van der Waals surface area contributed by atoms with Gasteiger partial charge >= 0.3 is 11.9 Å². The van der Waals surface area contributed by atoms with Crippen LogP contribution in [0.3, 0.4) is 0 Å². The second-order valence-electron chi connectivity index (χ2n) is 6.48. The molecule has 2 aliphatic carbocycles. The minimum absolute atomic E-state index is 0.0678. The van der Waals surface area contributed by atoms with Crippen molar-refractivity contribution in [2.45, 2.75) is 25.7 Å². The fourth-order valence-corrected chi connectivity index (χ4v) is 4.13. The summed E-state index contributed by atoms with van der Waals surface area (Å²) < 4.78 is 0. The minimum atomic E-state index is -0.909. The third-order valence-corrected chi connectivity index (χ3v) is 5.08. The van der Waals surface area contributed by atoms with Crippen molar-refractivity contribution in [3.05, 3.63) is 29.8 Å². The zero-order valence-electron chi connectivity index (χ0n) is 12.6. The van der Waals surface area contributed by atoms with Crippen molar-refractivity contribution >= 4 is 23.5 Å². The number of carbonyl (C=O) groups is 3. The summed E-state index contributed by atoms with van der Waals surface area (Å²) in [5.41, 5.74) is 1.22. The van der Waals surface area contributed by atoms with Gasteiger partial charge in [-0.1, -0.05) is 12.1 Å². The molecule has 2 saturated carbocycles. The van der Waals surface area contributed by atoms with Crippen molar-refractivity contribution in [2.24, 2.45) is 23.7 Å². The summed E-state index contributed by atoms with van der Waals surface area (Å²) in [6.45, 7) is 0. The second-order valence-corrected chi connectivity index (χ2v) is 6.48. The van der Waals surface area contributed by atoms with Gasteiger partial charge in [0.2, 0.25) is 5.91 Å². The molecule has 2 fully saturated rings. The number of anilines is 1. The van der Waals surface area contributed by atoms with Crippen molar-refractivity contribution in [1.29, 1.82) is 0 Å². The zero-order valence-corrected chi connectivity index (χ0v) is 12.6. The Bertz CT molecular complexity index is 639. The lowest BCUT2D eigenvalue weighted by Gasteiger charge is -2.27. The van der Waals surface area contributed by atoms with E-state index in [9.17, 15) is 19.5 Å². The third kappa shape index (κ3) is 3.06. The van der Waals surface area contributed by atoms with Crippen LogP contribution in [0.1, 0.15) is 24.8 Å². The van der Waals surface area contributed by atoms with Crippen molar-refractivity contribution in [2.75, 3.05) is 5.32 Å². The van der Waals surface area contributed by atoms with Crippen molar-refractivity contribution in [1.82, 2.24) is 0 Å². The van der Waals surface area contributed by atoms with Crippen LogP contribution in [0.2, 0.25) is 0 Å². The van der Waals surface area contributed by atoms with Gasteiger partial charge in [-0.15, -0.1) is 0 Å². The molecule has 1 aromatic carbocycles. The molecule has 6 nitrogen and oxygen atoms in total. The number of amides is 1. The number of hydrogen-bond acceptors (Lipinski definition) is 3. The van der Waals surface area contributed by atoms with Crippen LogP contribution in [0.5, 0.6) is 0 Å². The van der Waals surface area contributed by atoms with Crippen molar-refractivity contribution in [3.8, 4) is 0 Å². The van der Waals surface area contributed by atoms with E-state index in [1.807, 2.05) is 0 Å². The monoisotopic (exact) mass is 317 g/mol. The van der Waals surface area contributed by atoms with Crippen LogP contribution in [-0.4, -0.2) is 28.1 Å². The minimum Gasteiger partial charge on any atom is -0.481 e. The molecule has 6 heteroatoms. The molecule has 1 aromatic rings. The smallest absolute Gasteiger partial charge is 0.307 e. The lowest BCUT2D eigenvalue weighted by molar-refractivity contribution is -0.148. The van der Waals surface area contributed by atoms with Gasteiger partial charge in [0.05, 0.1) is 18.3 Å². The molecule has 2 bridgehead atoms. The number of carboxylic acids is 2. The molecule has 0 unspecified atom stereocenters. The highest BCUT2D eigenvalue weighted by molar-refractivity contribution is 5.96. The molecule has 0 radical (unpaired) electrons. The van der Waals surface area contributed by atoms with E-state index in [-0.39, 0.29) is 24.2 Å². The number of rotatable bonds is 5. The second kappa shape index (κ2) is 6.02. The molecule has 23 heavy (non-hydrogen) atoms. The van der Waals surface area contributed by atoms with E-state index in [1.165, 1.54) is 0 Å². The maximum atomic E-state index is 12.5. The summed E-state index contributed by atoms with van der Waals surface area (Å²) in [7, 11) is 0. The van der Waals surface area contributed by atoms with Crippen LogP contribution in [0, 0.1) is 23.7 Å². The summed E-state index contributed by atoms with van der Waals surface area (Å²) in [6, 6.07) is 6.61. The normalized spacial score (nSPS) is 28.5. The first-order valence-corrected chi connectivity index (χ1v) is 7.80. The molecule has 3 N–H and O–H groups in total. The molecule has 0 saturated heterocycles. The molecule has 0 spiro atoms. The molecule has 122 valence electrons. The van der Waals surface area contributed by atoms with Crippen LogP contribution < -0.4 is 5.32 Å². The van der Waals surface area contributed by atoms with Crippen molar-refractivity contribution < 1.29 is 24.6 Å². The number of fused-ring (bicyclic) bond motifs is 2. The van der Waals surface area contributed by atoms with E-state index in [4.69, 9.17) is 5.11 Å². The van der Waals surface area contributed by atoms with Gasteiger partial charge < -0.3 is 15.5 Å². The van der Waals surface area contributed by atoms with Gasteiger partial charge in [0.15, 0.2) is 0 Å². The van der Waals surface area contributed by atoms with Gasteiger partial charge in [0, 0.05) is 5.69 Å². The van der Waals surface area contributed by atoms with Gasteiger partial charge in [0.25, 0.3) is 0 Å². The predicted octanol–water partition coefficient (Wildman–Crippen LogP) is 2.00. The summed E-state index contributed by atoms with van der Waals surface area (Å²) in [5, 5.41) is 20.9. The van der Waals surface area contributed by atoms with Crippen LogP contribution in [0.15, 0.2) is 24.3 Å². The molecule has 3 rings (SSSR count). The Labute approximate surface area is 133 Å². The highest BCUT2D eigenvalue weighted by Gasteiger charge is 2.53. The summed E-state index contributed by atoms with van der Waals surface area (Å²) in [6.07, 6.45) is 2.58. The van der Waals surface area contributed by atoms with Gasteiger partial charge in [-0.05, 0) is 48.8 Å². The highest BCUT2D eigenvalue weighted by atomic mass is 16.4. The molecular weight excluding hydrogens is 298 g/mol. The van der Waals surface area contributed by atoms with Crippen LogP contribution in [-0.2, 0) is 20.8 Å². The van der Waals surface area contributed by atoms with Gasteiger partial charge in [-0.2, -0.15) is 0 Å². The van der Waals surface area contributed by atoms with Gasteiger partial charge in [-0.25, -0.2) is 0 Å². The average molecular weight is 317 g/mol. The largest absolute Gasteiger partial charge is 0.481 e. The molecule has 1 amide bonds. The number of benzene rings is 1. The molecular formula is C17H19NO5. The first kappa shape index (κ1) is 15.5. The Morgan fingerprint density at radius 3 is 2.17 bits per heavy atom. The van der Waals surface area contributed by atoms with Gasteiger partial charge in [0.1, 0.15) is 0 Å². The summed E-state index contributed by atoms with van der Waals surface area (Å²) >= 11 is 0. The van der Waals surface area contributed by atoms with E-state index in [1.54, 1.807) is 24.3 Å². The molecule has 0 aliphatic heterocycles. The first-order chi connectivity index (χ1) is 11.0. The Kier molecular flexibility index (Phi) is 4.07. The lowest BCUT2D eigenvalue weighted by atomic mass is 9.78. The molecule has 0 aromatic heterocycles. The zero-order chi connectivity index (χ0) is 16.6. The van der Waals surface area contributed by atoms with Crippen LogP contribution in [0.25, 0.3) is 0 Å². The molecule has 4 atom stereocenters. The fraction of sp³-hybridized carbons (Fsp3) is 0.471. The Morgan fingerprint density at radius 2 is 1.61 bits per heavy atom. The van der Waals surface area contributed by atoms with Crippen LogP contribution >= 0.6 is 0 Å². The maximum Gasteiger partial charge on any atom is 0.307 e. The highest BCUT2D eigenvalue weighted by Crippen LogP contribution is 2.52. The summed E-state index contributed by atoms with van der Waals surface area (Å²) in [5.74, 6) is -2.80. The predicted molar refractivity (Wildman–Crippen MR) is 81.9 cm³/mol. The number of hydrogen-bond donors (Lipinski definition) is 3. The number of carboxylic acid groups (broad SMARTS) is 2. The van der Waals surface area contributed by atoms with E-state index in [2.05, 4.69) is 5.32 Å². The van der Waals surface area contributed by atoms with E-state index >= 15 is 0 Å². The number of aliphatic carboxylic acids is 2. The fourth-order valence-electron chi connectivity index (χ4n) is 4.13. The van der Waals surface area contributed by atoms with E-state index < -0.39 is 23.8 Å². The summed E-state index contributed by atoms with van der Waals surface area (Å²) in [4.78, 5) is 34.6. The van der Waals surface area contributed by atoms with Gasteiger partial charge in [-0.3, -0.25) is 14.4 Å². The lowest BCUT2D eigenvalue weighted by Crippen LogP contribution is -2.37. The van der Waals surface area contributed by atoms with Crippen LogP contribution in [0.4, 0.5) is 5.69 Å². The van der Waals surface area contributed by atoms with Crippen molar-refractivity contribution in [3.63, 3.8) is 0 Å². The standard InChI is InChI=1S/C17H19NO5/c19-13(20)7-9-1-5-12(6-2-9)18-16(21)14-10-3-4-11(8-10)15(14)17(22)23/h1-2,5-6,10-11,14-15H,3-4,7-8H2,(H,18,21)(H,19,20)(H,22,23)/t10-,11-,14-,15-/m0/s1. The number of carbonyl (C=O) groups excluding carboxylic acids is 1. The SMILES string of the molecule is O=C(O)Cc1ccc(NC(=O)[C@H]2[C@H]3CC[C@@H](C3)[C@@H]2C(=O)O)cc1.